The Labute approximate surface area is 134 Å². The van der Waals surface area contributed by atoms with Gasteiger partial charge in [-0.15, -0.1) is 0 Å². The van der Waals surface area contributed by atoms with Crippen LogP contribution in [0.4, 0.5) is 5.13 Å². The molecule has 22 heavy (non-hydrogen) atoms. The van der Waals surface area contributed by atoms with E-state index in [0.29, 0.717) is 15.6 Å². The lowest BCUT2D eigenvalue weighted by atomic mass is 10.2. The highest BCUT2D eigenvalue weighted by molar-refractivity contribution is 7.84. The van der Waals surface area contributed by atoms with Gasteiger partial charge in [-0.2, -0.15) is 0 Å². The van der Waals surface area contributed by atoms with E-state index in [1.165, 1.54) is 11.3 Å². The minimum absolute atomic E-state index is 0.217. The smallest absolute Gasteiger partial charge is 0.257 e. The number of carbonyl (C=O) groups excluding carboxylic acids is 1. The molecule has 112 valence electrons. The number of anilines is 1. The number of benzene rings is 2. The summed E-state index contributed by atoms with van der Waals surface area (Å²) in [5, 5.41) is 3.40. The molecule has 0 aliphatic carbocycles. The highest BCUT2D eigenvalue weighted by atomic mass is 32.2. The summed E-state index contributed by atoms with van der Waals surface area (Å²) in [6.07, 6.45) is 1.61. The lowest BCUT2D eigenvalue weighted by Crippen LogP contribution is -2.11. The quantitative estimate of drug-likeness (QED) is 0.798. The molecular formula is C16H14N2O2S2. The van der Waals surface area contributed by atoms with Crippen molar-refractivity contribution in [3.05, 3.63) is 53.6 Å². The Bertz CT molecular complexity index is 869. The molecule has 1 atom stereocenters. The van der Waals surface area contributed by atoms with Gasteiger partial charge < -0.3 is 0 Å². The summed E-state index contributed by atoms with van der Waals surface area (Å²) in [4.78, 5) is 17.4. The first-order valence-corrected chi connectivity index (χ1v) is 9.03. The van der Waals surface area contributed by atoms with E-state index >= 15 is 0 Å². The van der Waals surface area contributed by atoms with Gasteiger partial charge in [-0.05, 0) is 42.8 Å². The van der Waals surface area contributed by atoms with E-state index < -0.39 is 10.8 Å². The molecule has 1 heterocycles. The van der Waals surface area contributed by atoms with Crippen LogP contribution in [-0.2, 0) is 10.8 Å². The van der Waals surface area contributed by atoms with Gasteiger partial charge in [0.15, 0.2) is 5.13 Å². The third kappa shape index (κ3) is 2.93. The van der Waals surface area contributed by atoms with Gasteiger partial charge in [-0.1, -0.05) is 23.5 Å². The summed E-state index contributed by atoms with van der Waals surface area (Å²) in [7, 11) is -1.04. The minimum atomic E-state index is -1.04. The van der Waals surface area contributed by atoms with E-state index in [1.807, 2.05) is 25.1 Å². The zero-order valence-corrected chi connectivity index (χ0v) is 13.8. The number of thiazole rings is 1. The molecule has 0 aliphatic rings. The minimum Gasteiger partial charge on any atom is -0.298 e. The fourth-order valence-electron chi connectivity index (χ4n) is 2.11. The van der Waals surface area contributed by atoms with Crippen molar-refractivity contribution in [1.82, 2.24) is 4.98 Å². The number of nitrogens with zero attached hydrogens (tertiary/aromatic N) is 1. The van der Waals surface area contributed by atoms with E-state index in [4.69, 9.17) is 0 Å². The predicted octanol–water partition coefficient (Wildman–Crippen LogP) is 3.59. The first kappa shape index (κ1) is 14.9. The summed E-state index contributed by atoms with van der Waals surface area (Å²) in [5.74, 6) is -0.217. The Balaban J connectivity index is 1.83. The number of para-hydroxylation sites is 1. The summed E-state index contributed by atoms with van der Waals surface area (Å²) in [5.41, 5.74) is 2.52. The molecule has 1 unspecified atom stereocenters. The Hall–Kier alpha value is -2.05. The molecule has 1 aromatic heterocycles. The van der Waals surface area contributed by atoms with Crippen LogP contribution in [-0.4, -0.2) is 21.4 Å². The highest BCUT2D eigenvalue weighted by Gasteiger charge is 2.11. The topological polar surface area (TPSA) is 59.1 Å². The third-order valence-corrected chi connectivity index (χ3v) is 5.16. The monoisotopic (exact) mass is 330 g/mol. The molecule has 3 aromatic rings. The Morgan fingerprint density at radius 1 is 1.18 bits per heavy atom. The maximum absolute atomic E-state index is 12.2. The maximum Gasteiger partial charge on any atom is 0.257 e. The summed E-state index contributed by atoms with van der Waals surface area (Å²) >= 11 is 1.45. The molecular weight excluding hydrogens is 316 g/mol. The van der Waals surface area contributed by atoms with E-state index in [0.717, 1.165) is 15.8 Å². The van der Waals surface area contributed by atoms with Crippen LogP contribution in [0.25, 0.3) is 10.2 Å². The van der Waals surface area contributed by atoms with Crippen molar-refractivity contribution < 1.29 is 9.00 Å². The van der Waals surface area contributed by atoms with E-state index in [-0.39, 0.29) is 5.91 Å². The van der Waals surface area contributed by atoms with Crippen molar-refractivity contribution in [2.24, 2.45) is 0 Å². The molecule has 0 saturated heterocycles. The second kappa shape index (κ2) is 5.98. The number of aryl methyl sites for hydroxylation is 1. The Morgan fingerprint density at radius 2 is 1.91 bits per heavy atom. The Morgan fingerprint density at radius 3 is 2.55 bits per heavy atom. The average Bonchev–Trinajstić information content (AvgIpc) is 2.91. The summed E-state index contributed by atoms with van der Waals surface area (Å²) < 4.78 is 12.4. The number of rotatable bonds is 3. The fourth-order valence-corrected chi connectivity index (χ4v) is 3.57. The number of hydrogen-bond acceptors (Lipinski definition) is 4. The molecule has 0 saturated carbocycles. The van der Waals surface area contributed by atoms with Gasteiger partial charge in [-0.3, -0.25) is 14.3 Å². The molecule has 0 bridgehead atoms. The molecule has 0 spiro atoms. The van der Waals surface area contributed by atoms with Gasteiger partial charge in [0, 0.05) is 27.5 Å². The molecule has 1 amide bonds. The Kier molecular flexibility index (Phi) is 4.04. The van der Waals surface area contributed by atoms with Crippen LogP contribution < -0.4 is 5.32 Å². The molecule has 1 N–H and O–H groups in total. The number of hydrogen-bond donors (Lipinski definition) is 1. The molecule has 4 nitrogen and oxygen atoms in total. The molecule has 0 aliphatic heterocycles. The SMILES string of the molecule is Cc1cccc2sc(NC(=O)c3ccc(S(C)=O)cc3)nc12. The molecule has 0 radical (unpaired) electrons. The lowest BCUT2D eigenvalue weighted by Gasteiger charge is -2.02. The first-order valence-electron chi connectivity index (χ1n) is 6.65. The zero-order chi connectivity index (χ0) is 15.7. The van der Waals surface area contributed by atoms with Crippen molar-refractivity contribution in [1.29, 1.82) is 0 Å². The number of fused-ring (bicyclic) bond motifs is 1. The largest absolute Gasteiger partial charge is 0.298 e. The number of amides is 1. The van der Waals surface area contributed by atoms with Gasteiger partial charge in [0.05, 0.1) is 10.2 Å². The first-order chi connectivity index (χ1) is 10.5. The zero-order valence-electron chi connectivity index (χ0n) is 12.1. The van der Waals surface area contributed by atoms with Crippen LogP contribution in [0, 0.1) is 6.92 Å². The van der Waals surface area contributed by atoms with Crippen molar-refractivity contribution in [2.45, 2.75) is 11.8 Å². The molecule has 6 heteroatoms. The second-order valence-electron chi connectivity index (χ2n) is 4.87. The van der Waals surface area contributed by atoms with Crippen LogP contribution >= 0.6 is 11.3 Å². The van der Waals surface area contributed by atoms with Crippen molar-refractivity contribution in [3.8, 4) is 0 Å². The normalized spacial score (nSPS) is 12.3. The van der Waals surface area contributed by atoms with Gasteiger partial charge in [0.25, 0.3) is 5.91 Å². The van der Waals surface area contributed by atoms with Gasteiger partial charge in [-0.25, -0.2) is 4.98 Å². The van der Waals surface area contributed by atoms with Gasteiger partial charge in [0.2, 0.25) is 0 Å². The lowest BCUT2D eigenvalue weighted by molar-refractivity contribution is 0.102. The van der Waals surface area contributed by atoms with Crippen molar-refractivity contribution in [2.75, 3.05) is 11.6 Å². The van der Waals surface area contributed by atoms with E-state index in [9.17, 15) is 9.00 Å². The van der Waals surface area contributed by atoms with Crippen LogP contribution in [0.15, 0.2) is 47.4 Å². The van der Waals surface area contributed by atoms with E-state index in [1.54, 1.807) is 30.5 Å². The fraction of sp³-hybridized carbons (Fsp3) is 0.125. The van der Waals surface area contributed by atoms with Crippen LogP contribution in [0.1, 0.15) is 15.9 Å². The van der Waals surface area contributed by atoms with Crippen molar-refractivity contribution >= 4 is 43.4 Å². The van der Waals surface area contributed by atoms with E-state index in [2.05, 4.69) is 10.3 Å². The number of nitrogens with one attached hydrogen (secondary N) is 1. The summed E-state index contributed by atoms with van der Waals surface area (Å²) in [6.45, 7) is 2.00. The number of carbonyl (C=O) groups is 1. The average molecular weight is 330 g/mol. The van der Waals surface area contributed by atoms with Crippen LogP contribution in [0.3, 0.4) is 0 Å². The van der Waals surface area contributed by atoms with Crippen LogP contribution in [0.5, 0.6) is 0 Å². The highest BCUT2D eigenvalue weighted by Crippen LogP contribution is 2.28. The number of aromatic nitrogens is 1. The molecule has 2 aromatic carbocycles. The third-order valence-electron chi connectivity index (χ3n) is 3.29. The van der Waals surface area contributed by atoms with Gasteiger partial charge >= 0.3 is 0 Å². The summed E-state index contributed by atoms with van der Waals surface area (Å²) in [6, 6.07) is 12.7. The second-order valence-corrected chi connectivity index (χ2v) is 7.28. The van der Waals surface area contributed by atoms with Crippen molar-refractivity contribution in [3.63, 3.8) is 0 Å². The standard InChI is InChI=1S/C16H14N2O2S2/c1-10-4-3-5-13-14(10)17-16(21-13)18-15(19)11-6-8-12(9-7-11)22(2)20/h3-9H,1-2H3,(H,17,18,19). The predicted molar refractivity (Wildman–Crippen MR) is 91.1 cm³/mol. The molecule has 3 rings (SSSR count). The van der Waals surface area contributed by atoms with Gasteiger partial charge in [0.1, 0.15) is 0 Å². The maximum atomic E-state index is 12.2. The molecule has 0 fully saturated rings. The van der Waals surface area contributed by atoms with Crippen LogP contribution in [0.2, 0.25) is 0 Å².